The number of nitrogens with zero attached hydrogens (tertiary/aromatic N) is 2. The molecule has 1 aromatic carbocycles. The fourth-order valence-electron chi connectivity index (χ4n) is 1.88. The van der Waals surface area contributed by atoms with E-state index in [0.29, 0.717) is 23.1 Å². The van der Waals surface area contributed by atoms with Crippen molar-refractivity contribution in [3.63, 3.8) is 0 Å². The number of rotatable bonds is 3. The molecule has 0 saturated carbocycles. The molecule has 2 N–H and O–H groups in total. The number of guanidine groups is 1. The van der Waals surface area contributed by atoms with Crippen molar-refractivity contribution in [2.24, 2.45) is 4.40 Å². The number of hydrogen-bond acceptors (Lipinski definition) is 5. The van der Waals surface area contributed by atoms with Gasteiger partial charge in [0.2, 0.25) is 5.96 Å². The van der Waals surface area contributed by atoms with E-state index in [1.807, 2.05) is 18.2 Å². The normalized spacial score (nSPS) is 13.1. The zero-order chi connectivity index (χ0) is 14.7. The van der Waals surface area contributed by atoms with E-state index in [4.69, 9.17) is 0 Å². The van der Waals surface area contributed by atoms with E-state index in [1.165, 1.54) is 0 Å². The summed E-state index contributed by atoms with van der Waals surface area (Å²) >= 11 is 1.11. The number of hydrogen-bond donors (Lipinski definition) is 2. The van der Waals surface area contributed by atoms with Gasteiger partial charge in [-0.25, -0.2) is 8.78 Å². The Morgan fingerprint density at radius 2 is 2.05 bits per heavy atom. The lowest BCUT2D eigenvalue weighted by molar-refractivity contribution is 0.506. The number of fused-ring (bicyclic) bond motifs is 1. The third kappa shape index (κ3) is 3.30. The first-order chi connectivity index (χ1) is 10.2. The highest BCUT2D eigenvalue weighted by atomic mass is 32.2. The summed E-state index contributed by atoms with van der Waals surface area (Å²) in [6.45, 7) is 0.641. The van der Waals surface area contributed by atoms with Crippen LogP contribution in [0.25, 0.3) is 0 Å². The monoisotopic (exact) mass is 306 g/mol. The largest absolute Gasteiger partial charge is 0.355 e. The molecule has 1 aromatic heterocycles. The van der Waals surface area contributed by atoms with Gasteiger partial charge in [-0.15, -0.1) is 0 Å². The van der Waals surface area contributed by atoms with Crippen LogP contribution >= 0.6 is 11.9 Å². The molecule has 3 rings (SSSR count). The predicted octanol–water partition coefficient (Wildman–Crippen LogP) is 2.98. The number of halogens is 2. The lowest BCUT2D eigenvalue weighted by atomic mass is 10.3. The second-order valence-corrected chi connectivity index (χ2v) is 5.22. The van der Waals surface area contributed by atoms with Crippen molar-refractivity contribution in [3.8, 4) is 0 Å². The van der Waals surface area contributed by atoms with Gasteiger partial charge in [-0.3, -0.25) is 4.98 Å². The SMILES string of the molecule is Fc1cc2c(cc1F)SN=C(NCCc1ccccn1)N2. The summed E-state index contributed by atoms with van der Waals surface area (Å²) in [5, 5.41) is 6.05. The molecule has 1 aliphatic heterocycles. The average Bonchev–Trinajstić information content (AvgIpc) is 2.50. The Balaban J connectivity index is 1.59. The molecule has 0 saturated heterocycles. The Labute approximate surface area is 124 Å². The highest BCUT2D eigenvalue weighted by Gasteiger charge is 2.16. The number of benzene rings is 1. The van der Waals surface area contributed by atoms with Crippen molar-refractivity contribution in [2.45, 2.75) is 11.3 Å². The minimum Gasteiger partial charge on any atom is -0.355 e. The maximum Gasteiger partial charge on any atom is 0.207 e. The molecular weight excluding hydrogens is 294 g/mol. The van der Waals surface area contributed by atoms with Gasteiger partial charge < -0.3 is 10.6 Å². The zero-order valence-electron chi connectivity index (χ0n) is 10.9. The maximum atomic E-state index is 13.2. The van der Waals surface area contributed by atoms with Crippen molar-refractivity contribution in [3.05, 3.63) is 53.9 Å². The minimum atomic E-state index is -0.878. The van der Waals surface area contributed by atoms with Crippen LogP contribution < -0.4 is 10.6 Å². The molecule has 0 fully saturated rings. The topological polar surface area (TPSA) is 49.3 Å². The molecule has 2 aromatic rings. The molecule has 0 bridgehead atoms. The first-order valence-electron chi connectivity index (χ1n) is 6.37. The summed E-state index contributed by atoms with van der Waals surface area (Å²) in [5.41, 5.74) is 1.48. The van der Waals surface area contributed by atoms with Crippen LogP contribution in [0.5, 0.6) is 0 Å². The van der Waals surface area contributed by atoms with Crippen LogP contribution in [0.15, 0.2) is 45.8 Å². The summed E-state index contributed by atoms with van der Waals surface area (Å²) < 4.78 is 30.5. The third-order valence-electron chi connectivity index (χ3n) is 2.91. The Morgan fingerprint density at radius 3 is 2.86 bits per heavy atom. The van der Waals surface area contributed by atoms with Crippen LogP contribution in [0.4, 0.5) is 14.5 Å². The third-order valence-corrected chi connectivity index (χ3v) is 3.72. The van der Waals surface area contributed by atoms with Crippen LogP contribution in [0.1, 0.15) is 5.69 Å². The Bertz CT molecular complexity index is 676. The van der Waals surface area contributed by atoms with Gasteiger partial charge in [-0.05, 0) is 18.2 Å². The number of nitrogens with one attached hydrogen (secondary N) is 2. The van der Waals surface area contributed by atoms with Crippen molar-refractivity contribution in [1.29, 1.82) is 0 Å². The summed E-state index contributed by atoms with van der Waals surface area (Å²) in [6.07, 6.45) is 2.49. The second kappa shape index (κ2) is 6.09. The first-order valence-corrected chi connectivity index (χ1v) is 7.14. The molecule has 108 valence electrons. The molecule has 0 aliphatic carbocycles. The molecular formula is C14H12F2N4S. The van der Waals surface area contributed by atoms with Gasteiger partial charge in [0.1, 0.15) is 0 Å². The zero-order valence-corrected chi connectivity index (χ0v) is 11.8. The van der Waals surface area contributed by atoms with Gasteiger partial charge in [0.25, 0.3) is 0 Å². The smallest absolute Gasteiger partial charge is 0.207 e. The molecule has 0 spiro atoms. The first kappa shape index (κ1) is 13.8. The number of aromatic nitrogens is 1. The van der Waals surface area contributed by atoms with Gasteiger partial charge in [0.05, 0.1) is 10.6 Å². The molecule has 4 nitrogen and oxygen atoms in total. The fourth-order valence-corrected chi connectivity index (χ4v) is 2.54. The summed E-state index contributed by atoms with van der Waals surface area (Å²) in [4.78, 5) is 4.78. The van der Waals surface area contributed by atoms with E-state index in [1.54, 1.807) is 6.20 Å². The molecule has 1 aliphatic rings. The van der Waals surface area contributed by atoms with Crippen molar-refractivity contribution < 1.29 is 8.78 Å². The maximum absolute atomic E-state index is 13.2. The van der Waals surface area contributed by atoms with Crippen LogP contribution in [-0.2, 0) is 6.42 Å². The molecule has 21 heavy (non-hydrogen) atoms. The summed E-state index contributed by atoms with van der Waals surface area (Å²) in [6, 6.07) is 8.01. The quantitative estimate of drug-likeness (QED) is 0.856. The molecule has 2 heterocycles. The Morgan fingerprint density at radius 1 is 1.19 bits per heavy atom. The van der Waals surface area contributed by atoms with Crippen LogP contribution in [0.3, 0.4) is 0 Å². The van der Waals surface area contributed by atoms with Gasteiger partial charge in [0.15, 0.2) is 11.6 Å². The van der Waals surface area contributed by atoms with Crippen molar-refractivity contribution in [2.75, 3.05) is 11.9 Å². The summed E-state index contributed by atoms with van der Waals surface area (Å²) in [7, 11) is 0. The van der Waals surface area contributed by atoms with Crippen LogP contribution in [0.2, 0.25) is 0 Å². The summed E-state index contributed by atoms with van der Waals surface area (Å²) in [5.74, 6) is -1.23. The van der Waals surface area contributed by atoms with Crippen molar-refractivity contribution >= 4 is 23.6 Å². The Kier molecular flexibility index (Phi) is 4.01. The van der Waals surface area contributed by atoms with Crippen molar-refractivity contribution in [1.82, 2.24) is 10.3 Å². The van der Waals surface area contributed by atoms with E-state index >= 15 is 0 Å². The molecule has 0 unspecified atom stereocenters. The fraction of sp³-hybridized carbons (Fsp3) is 0.143. The molecule has 0 amide bonds. The van der Waals surface area contributed by atoms with E-state index < -0.39 is 11.6 Å². The lowest BCUT2D eigenvalue weighted by Crippen LogP contribution is -2.33. The number of anilines is 1. The van der Waals surface area contributed by atoms with Gasteiger partial charge >= 0.3 is 0 Å². The second-order valence-electron chi connectivity index (χ2n) is 4.42. The van der Waals surface area contributed by atoms with E-state index in [2.05, 4.69) is 20.0 Å². The average molecular weight is 306 g/mol. The highest BCUT2D eigenvalue weighted by molar-refractivity contribution is 7.98. The number of pyridine rings is 1. The molecule has 0 atom stereocenters. The highest BCUT2D eigenvalue weighted by Crippen LogP contribution is 2.33. The van der Waals surface area contributed by atoms with Gasteiger partial charge in [0, 0.05) is 42.9 Å². The van der Waals surface area contributed by atoms with E-state index in [-0.39, 0.29) is 0 Å². The van der Waals surface area contributed by atoms with E-state index in [0.717, 1.165) is 36.2 Å². The lowest BCUT2D eigenvalue weighted by Gasteiger charge is -2.18. The van der Waals surface area contributed by atoms with Crippen LogP contribution in [0, 0.1) is 11.6 Å². The van der Waals surface area contributed by atoms with Gasteiger partial charge in [-0.1, -0.05) is 6.07 Å². The minimum absolute atomic E-state index is 0.509. The molecule has 7 heteroatoms. The van der Waals surface area contributed by atoms with E-state index in [9.17, 15) is 8.78 Å². The van der Waals surface area contributed by atoms with Gasteiger partial charge in [-0.2, -0.15) is 4.40 Å². The Hall–Kier alpha value is -2.15. The molecule has 0 radical (unpaired) electrons. The standard InChI is InChI=1S/C14H12F2N4S/c15-10-7-12-13(8-11(10)16)21-20-14(19-12)18-6-4-9-3-1-2-5-17-9/h1-3,5,7-8H,4,6H2,(H2,18,19,20). The predicted molar refractivity (Wildman–Crippen MR) is 79.2 cm³/mol. The van der Waals surface area contributed by atoms with Crippen LogP contribution in [-0.4, -0.2) is 17.5 Å².